The van der Waals surface area contributed by atoms with Crippen molar-refractivity contribution >= 4 is 16.5 Å². The fourth-order valence-corrected chi connectivity index (χ4v) is 3.56. The number of nitrogens with zero attached hydrogens (tertiary/aromatic N) is 2. The lowest BCUT2D eigenvalue weighted by molar-refractivity contribution is 0.569. The summed E-state index contributed by atoms with van der Waals surface area (Å²) >= 11 is 1.85. The molecule has 0 saturated carbocycles. The second kappa shape index (κ2) is 5.36. The van der Waals surface area contributed by atoms with Gasteiger partial charge in [-0.05, 0) is 33.2 Å². The van der Waals surface area contributed by atoms with Crippen LogP contribution in [0.2, 0.25) is 0 Å². The standard InChI is InChI=1S/C13H23N3S/c1-5-11-6-7-16(8-11)13-15-10(3)12(17-13)9(2)14-4/h9,11,14H,5-8H2,1-4H3. The summed E-state index contributed by atoms with van der Waals surface area (Å²) in [4.78, 5) is 8.57. The second-order valence-corrected chi connectivity index (χ2v) is 5.97. The molecule has 0 bridgehead atoms. The Labute approximate surface area is 108 Å². The Balaban J connectivity index is 2.12. The maximum atomic E-state index is 4.73. The van der Waals surface area contributed by atoms with Gasteiger partial charge in [-0.15, -0.1) is 11.3 Å². The van der Waals surface area contributed by atoms with Gasteiger partial charge in [0.2, 0.25) is 0 Å². The zero-order valence-corrected chi connectivity index (χ0v) is 12.1. The topological polar surface area (TPSA) is 28.2 Å². The molecule has 1 aromatic heterocycles. The van der Waals surface area contributed by atoms with Crippen LogP contribution < -0.4 is 10.2 Å². The van der Waals surface area contributed by atoms with Crippen molar-refractivity contribution in [2.75, 3.05) is 25.0 Å². The second-order valence-electron chi connectivity index (χ2n) is 4.97. The van der Waals surface area contributed by atoms with Gasteiger partial charge >= 0.3 is 0 Å². The molecular formula is C13H23N3S. The Bertz CT molecular complexity index is 375. The van der Waals surface area contributed by atoms with E-state index >= 15 is 0 Å². The van der Waals surface area contributed by atoms with E-state index in [0.29, 0.717) is 6.04 Å². The van der Waals surface area contributed by atoms with E-state index in [4.69, 9.17) is 4.98 Å². The molecule has 2 atom stereocenters. The Morgan fingerprint density at radius 2 is 2.35 bits per heavy atom. The van der Waals surface area contributed by atoms with Gasteiger partial charge in [-0.25, -0.2) is 4.98 Å². The molecule has 1 aliphatic rings. The number of hydrogen-bond donors (Lipinski definition) is 1. The van der Waals surface area contributed by atoms with Crippen LogP contribution in [-0.2, 0) is 0 Å². The van der Waals surface area contributed by atoms with Crippen LogP contribution in [0.4, 0.5) is 5.13 Å². The number of thiazole rings is 1. The molecule has 4 heteroatoms. The van der Waals surface area contributed by atoms with Gasteiger partial charge in [-0.3, -0.25) is 0 Å². The lowest BCUT2D eigenvalue weighted by Gasteiger charge is -2.14. The molecule has 0 aromatic carbocycles. The number of nitrogens with one attached hydrogen (secondary N) is 1. The Morgan fingerprint density at radius 3 is 2.94 bits per heavy atom. The molecule has 2 heterocycles. The summed E-state index contributed by atoms with van der Waals surface area (Å²) in [5, 5.41) is 4.52. The lowest BCUT2D eigenvalue weighted by Crippen LogP contribution is -2.19. The van der Waals surface area contributed by atoms with Gasteiger partial charge < -0.3 is 10.2 Å². The summed E-state index contributed by atoms with van der Waals surface area (Å²) in [6.45, 7) is 8.98. The van der Waals surface area contributed by atoms with E-state index in [1.54, 1.807) is 0 Å². The van der Waals surface area contributed by atoms with Gasteiger partial charge in [-0.2, -0.15) is 0 Å². The highest BCUT2D eigenvalue weighted by atomic mass is 32.1. The molecule has 1 saturated heterocycles. The monoisotopic (exact) mass is 253 g/mol. The molecule has 0 aliphatic carbocycles. The highest BCUT2D eigenvalue weighted by Gasteiger charge is 2.24. The zero-order chi connectivity index (χ0) is 12.4. The highest BCUT2D eigenvalue weighted by molar-refractivity contribution is 7.15. The van der Waals surface area contributed by atoms with E-state index in [0.717, 1.165) is 5.92 Å². The highest BCUT2D eigenvalue weighted by Crippen LogP contribution is 2.33. The maximum absolute atomic E-state index is 4.73. The van der Waals surface area contributed by atoms with Crippen molar-refractivity contribution < 1.29 is 0 Å². The first-order valence-electron chi connectivity index (χ1n) is 6.55. The van der Waals surface area contributed by atoms with Crippen LogP contribution in [0.5, 0.6) is 0 Å². The van der Waals surface area contributed by atoms with E-state index in [-0.39, 0.29) is 0 Å². The molecule has 1 fully saturated rings. The molecule has 96 valence electrons. The Morgan fingerprint density at radius 1 is 1.59 bits per heavy atom. The third-order valence-corrected chi connectivity index (χ3v) is 5.18. The third kappa shape index (κ3) is 2.63. The maximum Gasteiger partial charge on any atom is 0.185 e. The Kier molecular flexibility index (Phi) is 4.05. The van der Waals surface area contributed by atoms with Crippen LogP contribution in [0.25, 0.3) is 0 Å². The minimum Gasteiger partial charge on any atom is -0.348 e. The minimum absolute atomic E-state index is 0.408. The first-order valence-corrected chi connectivity index (χ1v) is 7.36. The van der Waals surface area contributed by atoms with Crippen molar-refractivity contribution in [2.45, 2.75) is 39.7 Å². The van der Waals surface area contributed by atoms with Crippen molar-refractivity contribution in [2.24, 2.45) is 5.92 Å². The molecule has 17 heavy (non-hydrogen) atoms. The van der Waals surface area contributed by atoms with E-state index < -0.39 is 0 Å². The molecule has 0 radical (unpaired) electrons. The summed E-state index contributed by atoms with van der Waals surface area (Å²) in [6.07, 6.45) is 2.62. The van der Waals surface area contributed by atoms with Crippen LogP contribution >= 0.6 is 11.3 Å². The lowest BCUT2D eigenvalue weighted by atomic mass is 10.1. The molecule has 3 nitrogen and oxygen atoms in total. The summed E-state index contributed by atoms with van der Waals surface area (Å²) < 4.78 is 0. The summed E-state index contributed by atoms with van der Waals surface area (Å²) in [5.41, 5.74) is 1.19. The van der Waals surface area contributed by atoms with Crippen LogP contribution in [0.3, 0.4) is 0 Å². The van der Waals surface area contributed by atoms with Gasteiger partial charge in [0.15, 0.2) is 5.13 Å². The first kappa shape index (κ1) is 12.8. The number of rotatable bonds is 4. The molecule has 1 aromatic rings. The van der Waals surface area contributed by atoms with E-state index in [1.165, 1.54) is 41.6 Å². The quantitative estimate of drug-likeness (QED) is 0.894. The Hall–Kier alpha value is -0.610. The van der Waals surface area contributed by atoms with Gasteiger partial charge in [0, 0.05) is 24.0 Å². The summed E-state index contributed by atoms with van der Waals surface area (Å²) in [7, 11) is 2.01. The fourth-order valence-electron chi connectivity index (χ4n) is 2.40. The third-order valence-electron chi connectivity index (χ3n) is 3.78. The van der Waals surface area contributed by atoms with Crippen molar-refractivity contribution in [3.63, 3.8) is 0 Å². The molecule has 0 amide bonds. The molecule has 0 spiro atoms. The van der Waals surface area contributed by atoms with Crippen LogP contribution in [0, 0.1) is 12.8 Å². The number of anilines is 1. The van der Waals surface area contributed by atoms with Crippen LogP contribution in [0.15, 0.2) is 0 Å². The average molecular weight is 253 g/mol. The van der Waals surface area contributed by atoms with Crippen LogP contribution in [0.1, 0.15) is 43.3 Å². The molecule has 1 aliphatic heterocycles. The van der Waals surface area contributed by atoms with Gasteiger partial charge in [0.1, 0.15) is 0 Å². The van der Waals surface area contributed by atoms with Crippen molar-refractivity contribution in [3.8, 4) is 0 Å². The first-order chi connectivity index (χ1) is 8.15. The summed E-state index contributed by atoms with van der Waals surface area (Å²) in [5.74, 6) is 0.865. The van der Waals surface area contributed by atoms with Crippen LogP contribution in [-0.4, -0.2) is 25.1 Å². The average Bonchev–Trinajstić information content (AvgIpc) is 2.94. The fraction of sp³-hybridized carbons (Fsp3) is 0.769. The number of aryl methyl sites for hydroxylation is 1. The van der Waals surface area contributed by atoms with Crippen molar-refractivity contribution in [1.82, 2.24) is 10.3 Å². The largest absolute Gasteiger partial charge is 0.348 e. The van der Waals surface area contributed by atoms with Crippen molar-refractivity contribution in [1.29, 1.82) is 0 Å². The predicted molar refractivity (Wildman–Crippen MR) is 74.9 cm³/mol. The van der Waals surface area contributed by atoms with Gasteiger partial charge in [0.05, 0.1) is 5.69 Å². The molecular weight excluding hydrogens is 230 g/mol. The van der Waals surface area contributed by atoms with Crippen molar-refractivity contribution in [3.05, 3.63) is 10.6 Å². The smallest absolute Gasteiger partial charge is 0.185 e. The molecule has 1 N–H and O–H groups in total. The van der Waals surface area contributed by atoms with E-state index in [1.807, 2.05) is 18.4 Å². The molecule has 2 unspecified atom stereocenters. The predicted octanol–water partition coefficient (Wildman–Crippen LogP) is 2.97. The SMILES string of the molecule is CCC1CCN(c2nc(C)c(C(C)NC)s2)C1. The minimum atomic E-state index is 0.408. The normalized spacial score (nSPS) is 22.1. The number of hydrogen-bond acceptors (Lipinski definition) is 4. The van der Waals surface area contributed by atoms with E-state index in [2.05, 4.69) is 31.0 Å². The van der Waals surface area contributed by atoms with Gasteiger partial charge in [0.25, 0.3) is 0 Å². The number of aromatic nitrogens is 1. The summed E-state index contributed by atoms with van der Waals surface area (Å²) in [6, 6.07) is 0.408. The van der Waals surface area contributed by atoms with Gasteiger partial charge in [-0.1, -0.05) is 13.3 Å². The van der Waals surface area contributed by atoms with E-state index in [9.17, 15) is 0 Å². The molecule has 2 rings (SSSR count). The zero-order valence-electron chi connectivity index (χ0n) is 11.3.